The van der Waals surface area contributed by atoms with E-state index in [2.05, 4.69) is 40.7 Å². The van der Waals surface area contributed by atoms with Gasteiger partial charge in [-0.25, -0.2) is 0 Å². The molecule has 5 nitrogen and oxygen atoms in total. The van der Waals surface area contributed by atoms with Crippen LogP contribution < -0.4 is 0 Å². The maximum atomic E-state index is 13.4. The van der Waals surface area contributed by atoms with Crippen molar-refractivity contribution in [3.8, 4) is 0 Å². The van der Waals surface area contributed by atoms with Gasteiger partial charge in [0.2, 0.25) is 0 Å². The summed E-state index contributed by atoms with van der Waals surface area (Å²) >= 11 is 0. The van der Waals surface area contributed by atoms with Crippen LogP contribution in [0, 0.1) is 50.2 Å². The Labute approximate surface area is 218 Å². The molecule has 0 aromatic heterocycles. The zero-order chi connectivity index (χ0) is 26.5. The van der Waals surface area contributed by atoms with E-state index in [1.54, 1.807) is 7.11 Å². The quantitative estimate of drug-likeness (QED) is 0.354. The molecular weight excluding hydrogens is 452 g/mol. The second kappa shape index (κ2) is 8.05. The Hall–Kier alpha value is -0.910. The smallest absolute Gasteiger partial charge is 0.312 e. The van der Waals surface area contributed by atoms with Gasteiger partial charge in [0, 0.05) is 5.41 Å². The van der Waals surface area contributed by atoms with Crippen molar-refractivity contribution in [1.82, 2.24) is 0 Å². The van der Waals surface area contributed by atoms with Crippen molar-refractivity contribution in [2.45, 2.75) is 112 Å². The summed E-state index contributed by atoms with van der Waals surface area (Å²) in [6, 6.07) is 0. The van der Waals surface area contributed by atoms with Crippen molar-refractivity contribution in [2.75, 3.05) is 13.7 Å². The molecule has 36 heavy (non-hydrogen) atoms. The Kier molecular flexibility index (Phi) is 5.97. The Morgan fingerprint density at radius 2 is 1.64 bits per heavy atom. The van der Waals surface area contributed by atoms with Crippen LogP contribution in [0.2, 0.25) is 0 Å². The predicted octanol–water partition coefficient (Wildman–Crippen LogP) is 5.27. The predicted molar refractivity (Wildman–Crippen MR) is 140 cm³/mol. The average Bonchev–Trinajstić information content (AvgIpc) is 2.82. The molecule has 3 N–H and O–H groups in total. The number of allylic oxidation sites excluding steroid dienone is 2. The molecule has 5 heteroatoms. The highest BCUT2D eigenvalue weighted by atomic mass is 16.5. The molecule has 0 saturated heterocycles. The maximum Gasteiger partial charge on any atom is 0.312 e. The first kappa shape index (κ1) is 26.7. The van der Waals surface area contributed by atoms with Gasteiger partial charge in [-0.15, -0.1) is 0 Å². The lowest BCUT2D eigenvalue weighted by Gasteiger charge is -2.71. The number of esters is 1. The highest BCUT2D eigenvalue weighted by Gasteiger charge is 2.70. The van der Waals surface area contributed by atoms with Crippen LogP contribution in [0.15, 0.2) is 11.6 Å². The van der Waals surface area contributed by atoms with Crippen LogP contribution in [0.1, 0.15) is 99.3 Å². The number of carbonyl (C=O) groups excluding carboxylic acids is 1. The number of rotatable bonds is 2. The molecule has 0 spiro atoms. The van der Waals surface area contributed by atoms with E-state index in [0.717, 1.165) is 51.4 Å². The molecule has 0 heterocycles. The minimum atomic E-state index is -0.893. The van der Waals surface area contributed by atoms with Crippen molar-refractivity contribution in [2.24, 2.45) is 50.2 Å². The van der Waals surface area contributed by atoms with Crippen molar-refractivity contribution in [1.29, 1.82) is 0 Å². The average molecular weight is 503 g/mol. The third kappa shape index (κ3) is 3.14. The molecule has 5 aliphatic rings. The zero-order valence-corrected chi connectivity index (χ0v) is 23.7. The molecule has 0 bridgehead atoms. The summed E-state index contributed by atoms with van der Waals surface area (Å²) in [6.45, 7) is 13.9. The van der Waals surface area contributed by atoms with E-state index < -0.39 is 23.0 Å². The zero-order valence-electron chi connectivity index (χ0n) is 23.7. The van der Waals surface area contributed by atoms with E-state index in [-0.39, 0.29) is 46.1 Å². The number of aliphatic hydroxyl groups excluding tert-OH is 3. The molecule has 4 saturated carbocycles. The standard InChI is InChI=1S/C31H50O5/c1-26(2)12-14-31(25(35)36-7)15-13-29(5)19(20(31)16-26)8-9-23-27(3)17-21(33)24(34)28(4,18-32)22(27)10-11-30(23,29)6/h8,20-24,32-34H,9-18H2,1-7H3/t20-,21+,22+,23+,24-,27-,28+,29+,30+,31-/m0/s1. The van der Waals surface area contributed by atoms with Gasteiger partial charge in [0.15, 0.2) is 0 Å². The van der Waals surface area contributed by atoms with Crippen molar-refractivity contribution >= 4 is 5.97 Å². The van der Waals surface area contributed by atoms with E-state index in [4.69, 9.17) is 4.74 Å². The molecule has 4 fully saturated rings. The lowest BCUT2D eigenvalue weighted by atomic mass is 9.33. The molecule has 5 aliphatic carbocycles. The topological polar surface area (TPSA) is 87.0 Å². The van der Waals surface area contributed by atoms with Gasteiger partial charge in [0.05, 0.1) is 31.3 Å². The second-order valence-corrected chi connectivity index (χ2v) is 15.2. The van der Waals surface area contributed by atoms with E-state index in [1.807, 2.05) is 6.92 Å². The fourth-order valence-corrected chi connectivity index (χ4v) is 11.0. The molecule has 0 unspecified atom stereocenters. The SMILES string of the molecule is COC(=O)[C@]12CCC(C)(C)C[C@H]1C1=CC[C@@H]3[C@@]4(C)C[C@@H](O)[C@H](O)[C@](C)(CO)[C@@H]4CC[C@@]3(C)[C@]1(C)CC2. The van der Waals surface area contributed by atoms with Crippen molar-refractivity contribution in [3.05, 3.63) is 11.6 Å². The Bertz CT molecular complexity index is 957. The van der Waals surface area contributed by atoms with Crippen molar-refractivity contribution < 1.29 is 24.9 Å². The number of aliphatic hydroxyl groups is 3. The normalized spacial score (nSPS) is 53.7. The summed E-state index contributed by atoms with van der Waals surface area (Å²) in [5.41, 5.74) is 0.445. The van der Waals surface area contributed by atoms with Gasteiger partial charge in [-0.1, -0.05) is 53.2 Å². The number of methoxy groups -OCH3 is 1. The monoisotopic (exact) mass is 502 g/mol. The van der Waals surface area contributed by atoms with Gasteiger partial charge < -0.3 is 20.1 Å². The molecule has 10 atom stereocenters. The fourth-order valence-electron chi connectivity index (χ4n) is 11.0. The summed E-state index contributed by atoms with van der Waals surface area (Å²) in [4.78, 5) is 13.4. The maximum absolute atomic E-state index is 13.4. The third-order valence-corrected chi connectivity index (χ3v) is 13.3. The number of hydrogen-bond donors (Lipinski definition) is 3. The van der Waals surface area contributed by atoms with Crippen LogP contribution in [-0.4, -0.2) is 47.2 Å². The molecular formula is C31H50O5. The first-order valence-corrected chi connectivity index (χ1v) is 14.4. The van der Waals surface area contributed by atoms with Crippen LogP contribution in [0.4, 0.5) is 0 Å². The van der Waals surface area contributed by atoms with E-state index in [1.165, 1.54) is 5.57 Å². The summed E-state index contributed by atoms with van der Waals surface area (Å²) in [7, 11) is 1.55. The molecule has 0 radical (unpaired) electrons. The summed E-state index contributed by atoms with van der Waals surface area (Å²) in [5.74, 6) is 0.721. The molecule has 0 aliphatic heterocycles. The number of ether oxygens (including phenoxy) is 1. The molecule has 0 aromatic carbocycles. The first-order valence-electron chi connectivity index (χ1n) is 14.4. The highest BCUT2D eigenvalue weighted by Crippen LogP contribution is 2.75. The lowest BCUT2D eigenvalue weighted by Crippen LogP contribution is -2.68. The highest BCUT2D eigenvalue weighted by molar-refractivity contribution is 5.78. The molecule has 0 aromatic rings. The Morgan fingerprint density at radius 3 is 2.28 bits per heavy atom. The molecule has 5 rings (SSSR count). The second-order valence-electron chi connectivity index (χ2n) is 15.2. The first-order chi connectivity index (χ1) is 16.7. The minimum Gasteiger partial charge on any atom is -0.469 e. The largest absolute Gasteiger partial charge is 0.469 e. The Balaban J connectivity index is 1.61. The van der Waals surface area contributed by atoms with Crippen LogP contribution in [0.25, 0.3) is 0 Å². The summed E-state index contributed by atoms with van der Waals surface area (Å²) in [6.07, 6.45) is 9.16. The molecule has 0 amide bonds. The van der Waals surface area contributed by atoms with Crippen LogP contribution in [0.5, 0.6) is 0 Å². The van der Waals surface area contributed by atoms with Gasteiger partial charge in [-0.2, -0.15) is 0 Å². The van der Waals surface area contributed by atoms with E-state index in [9.17, 15) is 20.1 Å². The van der Waals surface area contributed by atoms with Gasteiger partial charge >= 0.3 is 5.97 Å². The van der Waals surface area contributed by atoms with E-state index >= 15 is 0 Å². The van der Waals surface area contributed by atoms with Crippen LogP contribution in [0.3, 0.4) is 0 Å². The van der Waals surface area contributed by atoms with Gasteiger partial charge in [0.1, 0.15) is 0 Å². The summed E-state index contributed by atoms with van der Waals surface area (Å²) < 4.78 is 5.47. The number of fused-ring (bicyclic) bond motifs is 7. The molecule has 204 valence electrons. The van der Waals surface area contributed by atoms with Crippen LogP contribution >= 0.6 is 0 Å². The number of carbonyl (C=O) groups is 1. The van der Waals surface area contributed by atoms with Gasteiger partial charge in [0.25, 0.3) is 0 Å². The minimum absolute atomic E-state index is 0.0167. The fraction of sp³-hybridized carbons (Fsp3) is 0.903. The van der Waals surface area contributed by atoms with Crippen molar-refractivity contribution in [3.63, 3.8) is 0 Å². The summed E-state index contributed by atoms with van der Waals surface area (Å²) in [5, 5.41) is 32.4. The lowest BCUT2D eigenvalue weighted by molar-refractivity contribution is -0.243. The number of hydrogen-bond acceptors (Lipinski definition) is 5. The van der Waals surface area contributed by atoms with Gasteiger partial charge in [-0.3, -0.25) is 4.79 Å². The third-order valence-electron chi connectivity index (χ3n) is 13.3. The van der Waals surface area contributed by atoms with Crippen LogP contribution in [-0.2, 0) is 9.53 Å². The van der Waals surface area contributed by atoms with E-state index in [0.29, 0.717) is 12.3 Å². The van der Waals surface area contributed by atoms with Gasteiger partial charge in [-0.05, 0) is 97.2 Å². The Morgan fingerprint density at radius 1 is 0.972 bits per heavy atom.